The van der Waals surface area contributed by atoms with E-state index < -0.39 is 0 Å². The molecule has 18 heavy (non-hydrogen) atoms. The van der Waals surface area contributed by atoms with Crippen LogP contribution in [0.25, 0.3) is 0 Å². The molecule has 3 nitrogen and oxygen atoms in total. The third kappa shape index (κ3) is 2.59. The Hall–Kier alpha value is -1.69. The van der Waals surface area contributed by atoms with Crippen molar-refractivity contribution in [3.8, 4) is 6.07 Å². The van der Waals surface area contributed by atoms with Crippen LogP contribution in [0.15, 0.2) is 18.2 Å². The van der Waals surface area contributed by atoms with Gasteiger partial charge in [0.05, 0.1) is 16.9 Å². The first-order valence-electron chi connectivity index (χ1n) is 6.75. The highest BCUT2D eigenvalue weighted by atomic mass is 15.1. The predicted octanol–water partition coefficient (Wildman–Crippen LogP) is 3.30. The van der Waals surface area contributed by atoms with E-state index in [1.54, 1.807) is 6.07 Å². The van der Waals surface area contributed by atoms with Gasteiger partial charge < -0.3 is 10.6 Å². The summed E-state index contributed by atoms with van der Waals surface area (Å²) in [4.78, 5) is 2.27. The highest BCUT2D eigenvalue weighted by Gasteiger charge is 2.19. The average molecular weight is 243 g/mol. The smallest absolute Gasteiger partial charge is 0.101 e. The molecule has 0 spiro atoms. The molecule has 0 amide bonds. The molecule has 0 heterocycles. The Morgan fingerprint density at radius 1 is 1.22 bits per heavy atom. The number of para-hydroxylation sites is 1. The highest BCUT2D eigenvalue weighted by Crippen LogP contribution is 2.30. The molecule has 0 bridgehead atoms. The van der Waals surface area contributed by atoms with Crippen LogP contribution in [0.1, 0.15) is 44.1 Å². The molecule has 1 fully saturated rings. The minimum atomic E-state index is 0.559. The highest BCUT2D eigenvalue weighted by molar-refractivity contribution is 5.74. The van der Waals surface area contributed by atoms with Crippen molar-refractivity contribution in [2.75, 3.05) is 17.7 Å². The fourth-order valence-corrected chi connectivity index (χ4v) is 2.80. The van der Waals surface area contributed by atoms with E-state index in [4.69, 9.17) is 11.0 Å². The number of nitrogens with zero attached hydrogens (tertiary/aromatic N) is 2. The summed E-state index contributed by atoms with van der Waals surface area (Å²) in [5.74, 6) is 0. The topological polar surface area (TPSA) is 53.0 Å². The summed E-state index contributed by atoms with van der Waals surface area (Å²) in [6, 6.07) is 8.42. The molecule has 2 rings (SSSR count). The first-order chi connectivity index (χ1) is 8.74. The third-order valence-corrected chi connectivity index (χ3v) is 3.96. The van der Waals surface area contributed by atoms with Crippen LogP contribution in [0.2, 0.25) is 0 Å². The van der Waals surface area contributed by atoms with Gasteiger partial charge in [-0.15, -0.1) is 0 Å². The van der Waals surface area contributed by atoms with Crippen molar-refractivity contribution in [3.05, 3.63) is 23.8 Å². The normalized spacial score (nSPS) is 16.9. The van der Waals surface area contributed by atoms with Gasteiger partial charge in [-0.3, -0.25) is 0 Å². The van der Waals surface area contributed by atoms with Crippen LogP contribution in [0.3, 0.4) is 0 Å². The molecule has 3 heteroatoms. The summed E-state index contributed by atoms with van der Waals surface area (Å²) in [6.07, 6.45) is 7.75. The van der Waals surface area contributed by atoms with E-state index in [2.05, 4.69) is 18.0 Å². The maximum atomic E-state index is 9.03. The maximum absolute atomic E-state index is 9.03. The largest absolute Gasteiger partial charge is 0.396 e. The zero-order valence-electron chi connectivity index (χ0n) is 11.0. The third-order valence-electron chi connectivity index (χ3n) is 3.96. The molecule has 1 aromatic rings. The number of hydrogen-bond donors (Lipinski definition) is 1. The van der Waals surface area contributed by atoms with Gasteiger partial charge in [0.15, 0.2) is 0 Å². The van der Waals surface area contributed by atoms with E-state index in [0.717, 1.165) is 5.69 Å². The number of nitrogen functional groups attached to an aromatic ring is 1. The van der Waals surface area contributed by atoms with E-state index in [0.29, 0.717) is 17.3 Å². The van der Waals surface area contributed by atoms with Crippen molar-refractivity contribution in [1.29, 1.82) is 5.26 Å². The fraction of sp³-hybridized carbons (Fsp3) is 0.533. The molecule has 0 aliphatic heterocycles. The lowest BCUT2D eigenvalue weighted by Gasteiger charge is -2.30. The number of hydrogen-bond acceptors (Lipinski definition) is 3. The Kier molecular flexibility index (Phi) is 4.09. The predicted molar refractivity (Wildman–Crippen MR) is 75.5 cm³/mol. The van der Waals surface area contributed by atoms with Crippen LogP contribution in [0.4, 0.5) is 11.4 Å². The first kappa shape index (κ1) is 12.8. The van der Waals surface area contributed by atoms with Gasteiger partial charge in [-0.2, -0.15) is 5.26 Å². The summed E-state index contributed by atoms with van der Waals surface area (Å²) < 4.78 is 0. The quantitative estimate of drug-likeness (QED) is 0.640. The minimum absolute atomic E-state index is 0.559. The van der Waals surface area contributed by atoms with Gasteiger partial charge in [-0.05, 0) is 25.0 Å². The maximum Gasteiger partial charge on any atom is 0.101 e. The molecule has 1 aliphatic carbocycles. The molecule has 1 aliphatic rings. The number of nitrogens with two attached hydrogens (primary N) is 1. The minimum Gasteiger partial charge on any atom is -0.396 e. The van der Waals surface area contributed by atoms with Crippen molar-refractivity contribution < 1.29 is 0 Å². The molecule has 96 valence electrons. The van der Waals surface area contributed by atoms with Crippen LogP contribution in [0.5, 0.6) is 0 Å². The van der Waals surface area contributed by atoms with Crippen molar-refractivity contribution in [1.82, 2.24) is 0 Å². The van der Waals surface area contributed by atoms with E-state index in [9.17, 15) is 0 Å². The van der Waals surface area contributed by atoms with Gasteiger partial charge in [0.25, 0.3) is 0 Å². The number of benzene rings is 1. The molecular formula is C15H21N3. The van der Waals surface area contributed by atoms with Crippen LogP contribution in [0, 0.1) is 11.3 Å². The molecule has 1 aromatic carbocycles. The lowest BCUT2D eigenvalue weighted by molar-refractivity contribution is 0.553. The zero-order valence-corrected chi connectivity index (χ0v) is 11.0. The monoisotopic (exact) mass is 243 g/mol. The van der Waals surface area contributed by atoms with Crippen LogP contribution in [-0.2, 0) is 0 Å². The van der Waals surface area contributed by atoms with Gasteiger partial charge in [-0.25, -0.2) is 0 Å². The van der Waals surface area contributed by atoms with Gasteiger partial charge in [0.2, 0.25) is 0 Å². The summed E-state index contributed by atoms with van der Waals surface area (Å²) in [7, 11) is 2.10. The second kappa shape index (κ2) is 5.77. The Balaban J connectivity index is 2.22. The van der Waals surface area contributed by atoms with Gasteiger partial charge in [-0.1, -0.05) is 31.7 Å². The first-order valence-corrected chi connectivity index (χ1v) is 6.75. The van der Waals surface area contributed by atoms with Crippen molar-refractivity contribution >= 4 is 11.4 Å². The molecule has 2 N–H and O–H groups in total. The second-order valence-corrected chi connectivity index (χ2v) is 5.11. The average Bonchev–Trinajstić information content (AvgIpc) is 2.67. The Labute approximate surface area is 109 Å². The van der Waals surface area contributed by atoms with Crippen molar-refractivity contribution in [2.24, 2.45) is 0 Å². The summed E-state index contributed by atoms with van der Waals surface area (Å²) >= 11 is 0. The standard InChI is InChI=1S/C15H21N3/c1-18(13-8-4-2-3-5-9-13)14-10-6-7-12(11-16)15(14)17/h6-7,10,13H,2-5,8-9,17H2,1H3. The molecule has 0 aromatic heterocycles. The molecule has 0 saturated heterocycles. The lowest BCUT2D eigenvalue weighted by atomic mass is 10.1. The van der Waals surface area contributed by atoms with Gasteiger partial charge >= 0.3 is 0 Å². The Bertz CT molecular complexity index is 440. The van der Waals surface area contributed by atoms with Gasteiger partial charge in [0.1, 0.15) is 6.07 Å². The SMILES string of the molecule is CN(c1cccc(C#N)c1N)C1CCCCCC1. The van der Waals surface area contributed by atoms with E-state index in [-0.39, 0.29) is 0 Å². The lowest BCUT2D eigenvalue weighted by Crippen LogP contribution is -2.31. The van der Waals surface area contributed by atoms with Gasteiger partial charge in [0, 0.05) is 13.1 Å². The Morgan fingerprint density at radius 3 is 2.50 bits per heavy atom. The number of rotatable bonds is 2. The molecule has 0 atom stereocenters. The molecule has 0 radical (unpaired) electrons. The molecule has 0 unspecified atom stereocenters. The van der Waals surface area contributed by atoms with Crippen LogP contribution >= 0.6 is 0 Å². The number of nitriles is 1. The summed E-state index contributed by atoms with van der Waals surface area (Å²) in [5, 5.41) is 9.03. The summed E-state index contributed by atoms with van der Waals surface area (Å²) in [5.41, 5.74) is 8.27. The number of anilines is 2. The second-order valence-electron chi connectivity index (χ2n) is 5.11. The fourth-order valence-electron chi connectivity index (χ4n) is 2.80. The van der Waals surface area contributed by atoms with E-state index in [1.165, 1.54) is 38.5 Å². The van der Waals surface area contributed by atoms with E-state index >= 15 is 0 Å². The Morgan fingerprint density at radius 2 is 1.89 bits per heavy atom. The molecular weight excluding hydrogens is 222 g/mol. The van der Waals surface area contributed by atoms with Crippen LogP contribution in [-0.4, -0.2) is 13.1 Å². The van der Waals surface area contributed by atoms with E-state index in [1.807, 2.05) is 12.1 Å². The van der Waals surface area contributed by atoms with Crippen molar-refractivity contribution in [3.63, 3.8) is 0 Å². The van der Waals surface area contributed by atoms with Crippen LogP contribution < -0.4 is 10.6 Å². The van der Waals surface area contributed by atoms with Crippen molar-refractivity contribution in [2.45, 2.75) is 44.6 Å². The zero-order chi connectivity index (χ0) is 13.0. The molecule has 1 saturated carbocycles. The summed E-state index contributed by atoms with van der Waals surface area (Å²) in [6.45, 7) is 0.